The van der Waals surface area contributed by atoms with Gasteiger partial charge in [0.15, 0.2) is 0 Å². The largest absolute Gasteiger partial charge is 0.382 e. The van der Waals surface area contributed by atoms with Crippen LogP contribution in [0.25, 0.3) is 0 Å². The van der Waals surface area contributed by atoms with Gasteiger partial charge in [-0.15, -0.1) is 0 Å². The SMILES string of the molecule is COCC(CNC(C)C1CCOC1)OC. The molecule has 0 bridgehead atoms. The molecule has 1 fully saturated rings. The van der Waals surface area contributed by atoms with Gasteiger partial charge in [0.25, 0.3) is 0 Å². The average Bonchev–Trinajstić information content (AvgIpc) is 2.77. The molecule has 0 saturated carbocycles. The molecule has 0 amide bonds. The highest BCUT2D eigenvalue weighted by atomic mass is 16.5. The zero-order chi connectivity index (χ0) is 11.1. The molecule has 0 aromatic heterocycles. The second kappa shape index (κ2) is 7.17. The lowest BCUT2D eigenvalue weighted by Crippen LogP contribution is -2.40. The molecule has 0 aliphatic carbocycles. The van der Waals surface area contributed by atoms with Crippen LogP contribution in [0.3, 0.4) is 0 Å². The maximum Gasteiger partial charge on any atom is 0.0928 e. The van der Waals surface area contributed by atoms with Crippen LogP contribution in [0.5, 0.6) is 0 Å². The lowest BCUT2D eigenvalue weighted by atomic mass is 10.0. The lowest BCUT2D eigenvalue weighted by molar-refractivity contribution is 0.0264. The minimum absolute atomic E-state index is 0.139. The van der Waals surface area contributed by atoms with Gasteiger partial charge < -0.3 is 19.5 Å². The van der Waals surface area contributed by atoms with Gasteiger partial charge in [0.1, 0.15) is 0 Å². The third kappa shape index (κ3) is 4.47. The minimum atomic E-state index is 0.139. The van der Waals surface area contributed by atoms with Crippen molar-refractivity contribution in [2.45, 2.75) is 25.5 Å². The van der Waals surface area contributed by atoms with E-state index in [0.29, 0.717) is 18.6 Å². The Bertz CT molecular complexity index is 160. The Morgan fingerprint density at radius 3 is 2.80 bits per heavy atom. The van der Waals surface area contributed by atoms with Crippen LogP contribution < -0.4 is 5.32 Å². The normalized spacial score (nSPS) is 25.4. The number of hydrogen-bond acceptors (Lipinski definition) is 4. The van der Waals surface area contributed by atoms with Gasteiger partial charge in [-0.2, -0.15) is 0 Å². The second-order valence-corrected chi connectivity index (χ2v) is 4.13. The smallest absolute Gasteiger partial charge is 0.0928 e. The molecule has 1 N–H and O–H groups in total. The fourth-order valence-corrected chi connectivity index (χ4v) is 1.83. The number of methoxy groups -OCH3 is 2. The summed E-state index contributed by atoms with van der Waals surface area (Å²) in [4.78, 5) is 0. The van der Waals surface area contributed by atoms with Crippen LogP contribution >= 0.6 is 0 Å². The number of ether oxygens (including phenoxy) is 3. The summed E-state index contributed by atoms with van der Waals surface area (Å²) in [6.45, 7) is 5.47. The van der Waals surface area contributed by atoms with Crippen LogP contribution in [0.15, 0.2) is 0 Å². The Morgan fingerprint density at radius 2 is 2.27 bits per heavy atom. The van der Waals surface area contributed by atoms with Crippen LogP contribution in [0.1, 0.15) is 13.3 Å². The lowest BCUT2D eigenvalue weighted by Gasteiger charge is -2.22. The molecule has 3 unspecified atom stereocenters. The number of hydrogen-bond donors (Lipinski definition) is 1. The molecule has 4 heteroatoms. The van der Waals surface area contributed by atoms with Gasteiger partial charge in [0.2, 0.25) is 0 Å². The number of rotatable bonds is 7. The van der Waals surface area contributed by atoms with E-state index in [9.17, 15) is 0 Å². The zero-order valence-corrected chi connectivity index (χ0v) is 9.99. The molecule has 0 aromatic carbocycles. The summed E-state index contributed by atoms with van der Waals surface area (Å²) in [6.07, 6.45) is 1.30. The summed E-state index contributed by atoms with van der Waals surface area (Å²) in [5, 5.41) is 3.48. The van der Waals surface area contributed by atoms with Crippen LogP contribution in [0, 0.1) is 5.92 Å². The van der Waals surface area contributed by atoms with Crippen molar-refractivity contribution >= 4 is 0 Å². The van der Waals surface area contributed by atoms with E-state index in [1.807, 2.05) is 0 Å². The highest BCUT2D eigenvalue weighted by Crippen LogP contribution is 2.16. The van der Waals surface area contributed by atoms with Crippen LogP contribution in [-0.4, -0.2) is 52.7 Å². The summed E-state index contributed by atoms with van der Waals surface area (Å²) in [5.74, 6) is 0.644. The maximum atomic E-state index is 5.36. The molecular formula is C11H23NO3. The molecule has 1 saturated heterocycles. The summed E-state index contributed by atoms with van der Waals surface area (Å²) >= 11 is 0. The average molecular weight is 217 g/mol. The predicted molar refractivity (Wildman–Crippen MR) is 59.1 cm³/mol. The quantitative estimate of drug-likeness (QED) is 0.680. The summed E-state index contributed by atoms with van der Waals surface area (Å²) in [7, 11) is 3.41. The topological polar surface area (TPSA) is 39.7 Å². The van der Waals surface area contributed by atoms with Crippen molar-refractivity contribution in [3.63, 3.8) is 0 Å². The standard InChI is InChI=1S/C11H23NO3/c1-9(10-4-5-15-7-10)12-6-11(14-3)8-13-2/h9-12H,4-8H2,1-3H3. The summed E-state index contributed by atoms with van der Waals surface area (Å²) in [6, 6.07) is 0.488. The van der Waals surface area contributed by atoms with E-state index in [0.717, 1.165) is 26.2 Å². The third-order valence-electron chi connectivity index (χ3n) is 3.03. The van der Waals surface area contributed by atoms with Crippen molar-refractivity contribution in [1.82, 2.24) is 5.32 Å². The van der Waals surface area contributed by atoms with Gasteiger partial charge in [-0.3, -0.25) is 0 Å². The van der Waals surface area contributed by atoms with Crippen molar-refractivity contribution in [3.8, 4) is 0 Å². The van der Waals surface area contributed by atoms with E-state index in [1.165, 1.54) is 0 Å². The van der Waals surface area contributed by atoms with E-state index < -0.39 is 0 Å². The van der Waals surface area contributed by atoms with Gasteiger partial charge >= 0.3 is 0 Å². The Labute approximate surface area is 92.3 Å². The molecule has 1 heterocycles. The maximum absolute atomic E-state index is 5.36. The first-order valence-electron chi connectivity index (χ1n) is 5.60. The molecule has 1 rings (SSSR count). The monoisotopic (exact) mass is 217 g/mol. The van der Waals surface area contributed by atoms with E-state index in [-0.39, 0.29) is 6.10 Å². The van der Waals surface area contributed by atoms with Crippen molar-refractivity contribution in [2.75, 3.05) is 40.6 Å². The fraction of sp³-hybridized carbons (Fsp3) is 1.00. The molecule has 0 spiro atoms. The highest BCUT2D eigenvalue weighted by molar-refractivity contribution is 4.76. The van der Waals surface area contributed by atoms with Crippen molar-refractivity contribution < 1.29 is 14.2 Å². The first-order valence-corrected chi connectivity index (χ1v) is 5.60. The molecule has 90 valence electrons. The molecule has 4 nitrogen and oxygen atoms in total. The van der Waals surface area contributed by atoms with Crippen molar-refractivity contribution in [3.05, 3.63) is 0 Å². The predicted octanol–water partition coefficient (Wildman–Crippen LogP) is 0.662. The van der Waals surface area contributed by atoms with Gasteiger partial charge in [-0.25, -0.2) is 0 Å². The van der Waals surface area contributed by atoms with E-state index in [4.69, 9.17) is 14.2 Å². The highest BCUT2D eigenvalue weighted by Gasteiger charge is 2.22. The van der Waals surface area contributed by atoms with Crippen LogP contribution in [0.4, 0.5) is 0 Å². The molecular weight excluding hydrogens is 194 g/mol. The van der Waals surface area contributed by atoms with Gasteiger partial charge in [-0.05, 0) is 19.3 Å². The zero-order valence-electron chi connectivity index (χ0n) is 9.99. The van der Waals surface area contributed by atoms with Gasteiger partial charge in [-0.1, -0.05) is 0 Å². The summed E-state index contributed by atoms with van der Waals surface area (Å²) < 4.78 is 15.7. The molecule has 15 heavy (non-hydrogen) atoms. The molecule has 0 radical (unpaired) electrons. The summed E-state index contributed by atoms with van der Waals surface area (Å²) in [5.41, 5.74) is 0. The van der Waals surface area contributed by atoms with E-state index in [1.54, 1.807) is 14.2 Å². The first-order chi connectivity index (χ1) is 7.27. The van der Waals surface area contributed by atoms with E-state index >= 15 is 0 Å². The number of nitrogens with one attached hydrogen (secondary N) is 1. The molecule has 0 aromatic rings. The Balaban J connectivity index is 2.16. The Kier molecular flexibility index (Phi) is 6.17. The van der Waals surface area contributed by atoms with E-state index in [2.05, 4.69) is 12.2 Å². The second-order valence-electron chi connectivity index (χ2n) is 4.13. The first kappa shape index (κ1) is 12.9. The molecule has 1 aliphatic heterocycles. The van der Waals surface area contributed by atoms with Crippen LogP contribution in [0.2, 0.25) is 0 Å². The van der Waals surface area contributed by atoms with Gasteiger partial charge in [0, 0.05) is 33.4 Å². The Morgan fingerprint density at radius 1 is 1.47 bits per heavy atom. The van der Waals surface area contributed by atoms with Gasteiger partial charge in [0.05, 0.1) is 19.3 Å². The van der Waals surface area contributed by atoms with Crippen LogP contribution in [-0.2, 0) is 14.2 Å². The molecule has 3 atom stereocenters. The minimum Gasteiger partial charge on any atom is -0.382 e. The fourth-order valence-electron chi connectivity index (χ4n) is 1.83. The van der Waals surface area contributed by atoms with Crippen molar-refractivity contribution in [2.24, 2.45) is 5.92 Å². The third-order valence-corrected chi connectivity index (χ3v) is 3.03. The molecule has 1 aliphatic rings. The Hall–Kier alpha value is -0.160. The van der Waals surface area contributed by atoms with Crippen molar-refractivity contribution in [1.29, 1.82) is 0 Å².